The van der Waals surface area contributed by atoms with E-state index in [1.165, 1.54) is 5.56 Å². The molecule has 25 heavy (non-hydrogen) atoms. The van der Waals surface area contributed by atoms with Gasteiger partial charge in [-0.1, -0.05) is 61.5 Å². The molecule has 1 aliphatic heterocycles. The molecule has 0 aliphatic carbocycles. The normalized spacial score (nSPS) is 19.0. The summed E-state index contributed by atoms with van der Waals surface area (Å²) in [5.74, 6) is 0.137. The van der Waals surface area contributed by atoms with E-state index in [-0.39, 0.29) is 11.9 Å². The van der Waals surface area contributed by atoms with Crippen LogP contribution in [0.15, 0.2) is 54.6 Å². The van der Waals surface area contributed by atoms with Crippen LogP contribution in [0.2, 0.25) is 0 Å². The molecule has 2 aromatic carbocycles. The smallest absolute Gasteiger partial charge is 0.214 e. The number of nitrogens with zero attached hydrogens (tertiary/aromatic N) is 1. The molecule has 1 unspecified atom stereocenters. The number of hydrogen-bond acceptors (Lipinski definition) is 3. The fraction of sp³-hybridized carbons (Fsp3) is 0.400. The van der Waals surface area contributed by atoms with Crippen molar-refractivity contribution in [1.82, 2.24) is 4.31 Å². The molecule has 0 spiro atoms. The Morgan fingerprint density at radius 2 is 1.76 bits per heavy atom. The molecular weight excluding hydrogens is 334 g/mol. The number of ether oxygens (including phenoxy) is 1. The predicted octanol–water partition coefficient (Wildman–Crippen LogP) is 3.19. The van der Waals surface area contributed by atoms with Crippen molar-refractivity contribution in [3.8, 4) is 0 Å². The highest BCUT2D eigenvalue weighted by atomic mass is 32.2. The van der Waals surface area contributed by atoms with Crippen molar-refractivity contribution in [2.75, 3.05) is 25.4 Å². The summed E-state index contributed by atoms with van der Waals surface area (Å²) in [6.07, 6.45) is 1.34. The van der Waals surface area contributed by atoms with Gasteiger partial charge in [0, 0.05) is 13.1 Å². The Morgan fingerprint density at radius 3 is 2.44 bits per heavy atom. The van der Waals surface area contributed by atoms with Crippen LogP contribution in [0.3, 0.4) is 0 Å². The van der Waals surface area contributed by atoms with Gasteiger partial charge >= 0.3 is 0 Å². The summed E-state index contributed by atoms with van der Waals surface area (Å²) in [6, 6.07) is 18.0. The molecule has 0 aromatic heterocycles. The largest absolute Gasteiger partial charge is 0.371 e. The van der Waals surface area contributed by atoms with Crippen LogP contribution in [-0.4, -0.2) is 38.2 Å². The standard InChI is InChI=1S/C20H25NO3S/c1-2-17-8-10-19(11-9-17)20-16-21(13-14-24-20)25(22,23)15-12-18-6-4-3-5-7-18/h3-11,20H,2,12-16H2,1H3. The number of aryl methyl sites for hydroxylation is 2. The lowest BCUT2D eigenvalue weighted by Gasteiger charge is -2.32. The molecule has 0 bridgehead atoms. The summed E-state index contributed by atoms with van der Waals surface area (Å²) < 4.78 is 32.8. The second kappa shape index (κ2) is 8.13. The second-order valence-electron chi connectivity index (χ2n) is 6.36. The lowest BCUT2D eigenvalue weighted by atomic mass is 10.1. The van der Waals surface area contributed by atoms with Gasteiger partial charge in [-0.05, 0) is 29.5 Å². The summed E-state index contributed by atoms with van der Waals surface area (Å²) >= 11 is 0. The van der Waals surface area contributed by atoms with E-state index in [2.05, 4.69) is 19.1 Å². The molecule has 0 radical (unpaired) electrons. The molecule has 1 fully saturated rings. The van der Waals surface area contributed by atoms with Gasteiger partial charge in [-0.25, -0.2) is 8.42 Å². The molecule has 134 valence electrons. The van der Waals surface area contributed by atoms with Gasteiger partial charge in [0.25, 0.3) is 0 Å². The Hall–Kier alpha value is -1.69. The highest BCUT2D eigenvalue weighted by molar-refractivity contribution is 7.89. The number of sulfonamides is 1. The average molecular weight is 359 g/mol. The predicted molar refractivity (Wildman–Crippen MR) is 100 cm³/mol. The van der Waals surface area contributed by atoms with Crippen molar-refractivity contribution in [2.45, 2.75) is 25.9 Å². The molecule has 0 amide bonds. The van der Waals surface area contributed by atoms with E-state index in [9.17, 15) is 8.42 Å². The first-order valence-corrected chi connectivity index (χ1v) is 10.4. The zero-order valence-electron chi connectivity index (χ0n) is 14.6. The fourth-order valence-corrected chi connectivity index (χ4v) is 4.54. The van der Waals surface area contributed by atoms with Crippen molar-refractivity contribution in [3.63, 3.8) is 0 Å². The molecule has 3 rings (SSSR count). The van der Waals surface area contributed by atoms with Gasteiger partial charge in [0.1, 0.15) is 0 Å². The number of morpholine rings is 1. The maximum Gasteiger partial charge on any atom is 0.214 e. The van der Waals surface area contributed by atoms with Crippen LogP contribution in [0.4, 0.5) is 0 Å². The Balaban J connectivity index is 1.65. The first-order valence-electron chi connectivity index (χ1n) is 8.80. The third-order valence-electron chi connectivity index (χ3n) is 4.67. The van der Waals surface area contributed by atoms with Crippen molar-refractivity contribution >= 4 is 10.0 Å². The number of benzene rings is 2. The quantitative estimate of drug-likeness (QED) is 0.796. The lowest BCUT2D eigenvalue weighted by molar-refractivity contribution is -0.00253. The summed E-state index contributed by atoms with van der Waals surface area (Å²) in [5.41, 5.74) is 3.36. The van der Waals surface area contributed by atoms with Gasteiger partial charge in [0.2, 0.25) is 10.0 Å². The van der Waals surface area contributed by atoms with Crippen molar-refractivity contribution in [1.29, 1.82) is 0 Å². The maximum atomic E-state index is 12.7. The van der Waals surface area contributed by atoms with Crippen LogP contribution in [0, 0.1) is 0 Å². The Kier molecular flexibility index (Phi) is 5.89. The molecule has 0 N–H and O–H groups in total. The van der Waals surface area contributed by atoms with Crippen LogP contribution in [0.25, 0.3) is 0 Å². The molecule has 2 aromatic rings. The minimum absolute atomic E-state index is 0.137. The monoisotopic (exact) mass is 359 g/mol. The van der Waals surface area contributed by atoms with E-state index < -0.39 is 10.0 Å². The highest BCUT2D eigenvalue weighted by Gasteiger charge is 2.30. The summed E-state index contributed by atoms with van der Waals surface area (Å²) in [7, 11) is -3.28. The summed E-state index contributed by atoms with van der Waals surface area (Å²) in [6.45, 7) is 3.38. The van der Waals surface area contributed by atoms with Gasteiger partial charge in [0.15, 0.2) is 0 Å². The molecule has 4 nitrogen and oxygen atoms in total. The van der Waals surface area contributed by atoms with E-state index in [1.807, 2.05) is 42.5 Å². The fourth-order valence-electron chi connectivity index (χ4n) is 3.07. The van der Waals surface area contributed by atoms with Gasteiger partial charge in [-0.3, -0.25) is 0 Å². The zero-order chi connectivity index (χ0) is 17.7. The topological polar surface area (TPSA) is 46.6 Å². The summed E-state index contributed by atoms with van der Waals surface area (Å²) in [4.78, 5) is 0. The second-order valence-corrected chi connectivity index (χ2v) is 8.45. The lowest BCUT2D eigenvalue weighted by Crippen LogP contribution is -2.43. The maximum absolute atomic E-state index is 12.7. The SMILES string of the molecule is CCc1ccc(C2CN(S(=O)(=O)CCc3ccccc3)CCO2)cc1. The van der Waals surface area contributed by atoms with E-state index in [1.54, 1.807) is 4.31 Å². The highest BCUT2D eigenvalue weighted by Crippen LogP contribution is 2.24. The first kappa shape index (κ1) is 18.1. The van der Waals surface area contributed by atoms with E-state index in [4.69, 9.17) is 4.74 Å². The van der Waals surface area contributed by atoms with Crippen LogP contribution in [-0.2, 0) is 27.6 Å². The molecule has 1 saturated heterocycles. The Morgan fingerprint density at radius 1 is 1.04 bits per heavy atom. The zero-order valence-corrected chi connectivity index (χ0v) is 15.4. The van der Waals surface area contributed by atoms with E-state index in [0.29, 0.717) is 26.1 Å². The van der Waals surface area contributed by atoms with Crippen LogP contribution < -0.4 is 0 Å². The average Bonchev–Trinajstić information content (AvgIpc) is 2.67. The Labute approximate surface area is 150 Å². The molecule has 0 saturated carbocycles. The van der Waals surface area contributed by atoms with Gasteiger partial charge in [-0.15, -0.1) is 0 Å². The van der Waals surface area contributed by atoms with Crippen LogP contribution in [0.1, 0.15) is 29.7 Å². The van der Waals surface area contributed by atoms with E-state index >= 15 is 0 Å². The van der Waals surface area contributed by atoms with Gasteiger partial charge in [0.05, 0.1) is 18.5 Å². The molecule has 1 aliphatic rings. The van der Waals surface area contributed by atoms with Crippen LogP contribution in [0.5, 0.6) is 0 Å². The Bertz CT molecular complexity index is 772. The van der Waals surface area contributed by atoms with Crippen molar-refractivity contribution < 1.29 is 13.2 Å². The molecule has 1 atom stereocenters. The third kappa shape index (κ3) is 4.69. The summed E-state index contributed by atoms with van der Waals surface area (Å²) in [5, 5.41) is 0. The van der Waals surface area contributed by atoms with Gasteiger partial charge < -0.3 is 4.74 Å². The number of hydrogen-bond donors (Lipinski definition) is 0. The first-order chi connectivity index (χ1) is 12.1. The molecule has 5 heteroatoms. The van der Waals surface area contributed by atoms with Crippen molar-refractivity contribution in [2.24, 2.45) is 0 Å². The van der Waals surface area contributed by atoms with E-state index in [0.717, 1.165) is 17.5 Å². The molecule has 1 heterocycles. The van der Waals surface area contributed by atoms with Crippen molar-refractivity contribution in [3.05, 3.63) is 71.3 Å². The minimum atomic E-state index is -3.28. The van der Waals surface area contributed by atoms with Crippen LogP contribution >= 0.6 is 0 Å². The molecular formula is C20H25NO3S. The number of rotatable bonds is 6. The minimum Gasteiger partial charge on any atom is -0.371 e. The van der Waals surface area contributed by atoms with Gasteiger partial charge in [-0.2, -0.15) is 4.31 Å². The third-order valence-corrected chi connectivity index (χ3v) is 6.51.